The lowest BCUT2D eigenvalue weighted by molar-refractivity contribution is 0.546. The van der Waals surface area contributed by atoms with Crippen molar-refractivity contribution in [3.05, 3.63) is 34.5 Å². The van der Waals surface area contributed by atoms with Crippen LogP contribution < -0.4 is 5.32 Å². The molecule has 0 amide bonds. The number of nitrogens with zero attached hydrogens (tertiary/aromatic N) is 3. The Morgan fingerprint density at radius 1 is 1.60 bits per heavy atom. The Morgan fingerprint density at radius 2 is 2.47 bits per heavy atom. The molecule has 15 heavy (non-hydrogen) atoms. The number of rotatable bonds is 4. The second-order valence-electron chi connectivity index (χ2n) is 3.42. The molecule has 1 atom stereocenters. The Hall–Kier alpha value is -1.20. The van der Waals surface area contributed by atoms with Crippen LogP contribution in [0.15, 0.2) is 23.8 Å². The number of hydrogen-bond donors (Lipinski definition) is 1. The molecule has 0 aliphatic rings. The van der Waals surface area contributed by atoms with Crippen molar-refractivity contribution in [3.8, 4) is 0 Å². The zero-order valence-corrected chi connectivity index (χ0v) is 9.66. The van der Waals surface area contributed by atoms with Gasteiger partial charge in [-0.05, 0) is 18.4 Å². The van der Waals surface area contributed by atoms with E-state index in [9.17, 15) is 0 Å². The summed E-state index contributed by atoms with van der Waals surface area (Å²) in [5.74, 6) is 0.957. The Bertz CT molecular complexity index is 407. The third-order valence-corrected chi connectivity index (χ3v) is 3.40. The minimum Gasteiger partial charge on any atom is -0.302 e. The normalized spacial score (nSPS) is 12.9. The standard InChI is InChI=1S/C10H14N4S/c1-8(9-4-3-5-15-9)11-6-10-12-7-13-14(10)2/h3-5,7-8,11H,6H2,1-2H3/t8-/m1/s1. The lowest BCUT2D eigenvalue weighted by atomic mass is 10.3. The van der Waals surface area contributed by atoms with Crippen molar-refractivity contribution in [2.45, 2.75) is 19.5 Å². The van der Waals surface area contributed by atoms with Gasteiger partial charge in [0.1, 0.15) is 12.2 Å². The maximum absolute atomic E-state index is 4.16. The average Bonchev–Trinajstić information content (AvgIpc) is 2.85. The van der Waals surface area contributed by atoms with Crippen LogP contribution in [-0.2, 0) is 13.6 Å². The van der Waals surface area contributed by atoms with E-state index in [1.807, 2.05) is 7.05 Å². The molecule has 0 aliphatic heterocycles. The molecule has 0 aromatic carbocycles. The Morgan fingerprint density at radius 3 is 3.07 bits per heavy atom. The van der Waals surface area contributed by atoms with Gasteiger partial charge in [-0.15, -0.1) is 11.3 Å². The van der Waals surface area contributed by atoms with Gasteiger partial charge < -0.3 is 5.32 Å². The van der Waals surface area contributed by atoms with E-state index in [1.165, 1.54) is 4.88 Å². The van der Waals surface area contributed by atoms with Crippen molar-refractivity contribution in [2.75, 3.05) is 0 Å². The highest BCUT2D eigenvalue weighted by atomic mass is 32.1. The maximum atomic E-state index is 4.16. The van der Waals surface area contributed by atoms with E-state index in [4.69, 9.17) is 0 Å². The van der Waals surface area contributed by atoms with Crippen molar-refractivity contribution in [2.24, 2.45) is 7.05 Å². The zero-order chi connectivity index (χ0) is 10.7. The average molecular weight is 222 g/mol. The van der Waals surface area contributed by atoms with Gasteiger partial charge in [0.25, 0.3) is 0 Å². The fraction of sp³-hybridized carbons (Fsp3) is 0.400. The van der Waals surface area contributed by atoms with E-state index >= 15 is 0 Å². The van der Waals surface area contributed by atoms with Crippen molar-refractivity contribution >= 4 is 11.3 Å². The SMILES string of the molecule is C[C@@H](NCc1ncnn1C)c1cccs1. The molecule has 0 saturated carbocycles. The van der Waals surface area contributed by atoms with Gasteiger partial charge in [0.2, 0.25) is 0 Å². The molecule has 1 N–H and O–H groups in total. The Labute approximate surface area is 93.0 Å². The largest absolute Gasteiger partial charge is 0.302 e. The molecule has 2 rings (SSSR count). The summed E-state index contributed by atoms with van der Waals surface area (Å²) in [5.41, 5.74) is 0. The summed E-state index contributed by atoms with van der Waals surface area (Å²) >= 11 is 1.77. The Balaban J connectivity index is 1.91. The lowest BCUT2D eigenvalue weighted by Gasteiger charge is -2.11. The quantitative estimate of drug-likeness (QED) is 0.856. The molecule has 80 valence electrons. The molecule has 0 bridgehead atoms. The van der Waals surface area contributed by atoms with Gasteiger partial charge in [-0.3, -0.25) is 4.68 Å². The van der Waals surface area contributed by atoms with Crippen LogP contribution in [0.3, 0.4) is 0 Å². The Kier molecular flexibility index (Phi) is 3.13. The minimum absolute atomic E-state index is 0.363. The van der Waals surface area contributed by atoms with E-state index in [-0.39, 0.29) is 0 Å². The summed E-state index contributed by atoms with van der Waals surface area (Å²) in [6, 6.07) is 4.57. The molecule has 2 aromatic heterocycles. The van der Waals surface area contributed by atoms with Crippen LogP contribution in [-0.4, -0.2) is 14.8 Å². The molecule has 0 saturated heterocycles. The van der Waals surface area contributed by atoms with Crippen molar-refractivity contribution in [3.63, 3.8) is 0 Å². The number of aromatic nitrogens is 3. The van der Waals surface area contributed by atoms with E-state index in [1.54, 1.807) is 22.3 Å². The maximum Gasteiger partial charge on any atom is 0.140 e. The summed E-state index contributed by atoms with van der Waals surface area (Å²) in [7, 11) is 1.90. The van der Waals surface area contributed by atoms with Gasteiger partial charge >= 0.3 is 0 Å². The second-order valence-corrected chi connectivity index (χ2v) is 4.40. The van der Waals surface area contributed by atoms with Gasteiger partial charge in [0, 0.05) is 18.0 Å². The van der Waals surface area contributed by atoms with Crippen LogP contribution in [0.2, 0.25) is 0 Å². The van der Waals surface area contributed by atoms with Crippen LogP contribution in [0.5, 0.6) is 0 Å². The number of aryl methyl sites for hydroxylation is 1. The molecule has 0 aliphatic carbocycles. The molecule has 5 heteroatoms. The van der Waals surface area contributed by atoms with Crippen LogP contribution in [0, 0.1) is 0 Å². The van der Waals surface area contributed by atoms with E-state index in [0.717, 1.165) is 12.4 Å². The predicted octanol–water partition coefficient (Wildman–Crippen LogP) is 1.73. The monoisotopic (exact) mass is 222 g/mol. The second kappa shape index (κ2) is 4.55. The van der Waals surface area contributed by atoms with E-state index < -0.39 is 0 Å². The first-order chi connectivity index (χ1) is 7.27. The number of hydrogen-bond acceptors (Lipinski definition) is 4. The first kappa shape index (κ1) is 10.3. The molecular formula is C10H14N4S. The molecule has 2 aromatic rings. The van der Waals surface area contributed by atoms with Crippen LogP contribution in [0.4, 0.5) is 0 Å². The minimum atomic E-state index is 0.363. The summed E-state index contributed by atoms with van der Waals surface area (Å²) in [4.78, 5) is 5.51. The highest BCUT2D eigenvalue weighted by Gasteiger charge is 2.07. The fourth-order valence-corrected chi connectivity index (χ4v) is 2.12. The lowest BCUT2D eigenvalue weighted by Crippen LogP contribution is -2.19. The fourth-order valence-electron chi connectivity index (χ4n) is 1.36. The molecule has 0 spiro atoms. The first-order valence-electron chi connectivity index (χ1n) is 4.87. The summed E-state index contributed by atoms with van der Waals surface area (Å²) < 4.78 is 1.79. The van der Waals surface area contributed by atoms with Gasteiger partial charge in [-0.2, -0.15) is 5.10 Å². The van der Waals surface area contributed by atoms with E-state index in [2.05, 4.69) is 39.8 Å². The summed E-state index contributed by atoms with van der Waals surface area (Å²) in [5, 5.41) is 9.53. The van der Waals surface area contributed by atoms with Gasteiger partial charge in [0.15, 0.2) is 0 Å². The topological polar surface area (TPSA) is 42.7 Å². The van der Waals surface area contributed by atoms with Crippen LogP contribution in [0.1, 0.15) is 23.7 Å². The smallest absolute Gasteiger partial charge is 0.140 e. The molecular weight excluding hydrogens is 208 g/mol. The third kappa shape index (κ3) is 2.43. The van der Waals surface area contributed by atoms with E-state index in [0.29, 0.717) is 6.04 Å². The van der Waals surface area contributed by atoms with Gasteiger partial charge in [-0.1, -0.05) is 6.07 Å². The molecule has 0 unspecified atom stereocenters. The first-order valence-corrected chi connectivity index (χ1v) is 5.75. The van der Waals surface area contributed by atoms with Crippen molar-refractivity contribution in [1.82, 2.24) is 20.1 Å². The summed E-state index contributed by atoms with van der Waals surface area (Å²) in [6.07, 6.45) is 1.58. The zero-order valence-electron chi connectivity index (χ0n) is 8.84. The molecule has 2 heterocycles. The van der Waals surface area contributed by atoms with Gasteiger partial charge in [0.05, 0.1) is 6.54 Å². The molecule has 0 radical (unpaired) electrons. The highest BCUT2D eigenvalue weighted by molar-refractivity contribution is 7.10. The number of nitrogens with one attached hydrogen (secondary N) is 1. The predicted molar refractivity (Wildman–Crippen MR) is 60.6 cm³/mol. The van der Waals surface area contributed by atoms with Crippen molar-refractivity contribution in [1.29, 1.82) is 0 Å². The van der Waals surface area contributed by atoms with Gasteiger partial charge in [-0.25, -0.2) is 4.98 Å². The highest BCUT2D eigenvalue weighted by Crippen LogP contribution is 2.18. The van der Waals surface area contributed by atoms with Crippen LogP contribution in [0.25, 0.3) is 0 Å². The van der Waals surface area contributed by atoms with Crippen LogP contribution >= 0.6 is 11.3 Å². The number of thiophene rings is 1. The summed E-state index contributed by atoms with van der Waals surface area (Å²) in [6.45, 7) is 2.90. The third-order valence-electron chi connectivity index (χ3n) is 2.34. The molecule has 0 fully saturated rings. The van der Waals surface area contributed by atoms with Crippen molar-refractivity contribution < 1.29 is 0 Å². The molecule has 4 nitrogen and oxygen atoms in total.